The Morgan fingerprint density at radius 1 is 1.06 bits per heavy atom. The van der Waals surface area contributed by atoms with E-state index in [0.29, 0.717) is 19.8 Å². The van der Waals surface area contributed by atoms with Crippen molar-refractivity contribution in [1.82, 2.24) is 4.98 Å². The van der Waals surface area contributed by atoms with Gasteiger partial charge in [-0.2, -0.15) is 0 Å². The number of phenols is 1. The van der Waals surface area contributed by atoms with E-state index in [2.05, 4.69) is 51.8 Å². The molecule has 4 nitrogen and oxygen atoms in total. The topological polar surface area (TPSA) is 62.2 Å². The second-order valence-electron chi connectivity index (χ2n) is 9.30. The van der Waals surface area contributed by atoms with Crippen LogP contribution in [0.1, 0.15) is 69.4 Å². The molecule has 0 radical (unpaired) electrons. The van der Waals surface area contributed by atoms with Crippen LogP contribution < -0.4 is 10.6 Å². The first-order valence-corrected chi connectivity index (χ1v) is 12.2. The van der Waals surface area contributed by atoms with Crippen LogP contribution in [0.4, 0.5) is 5.69 Å². The molecule has 0 saturated heterocycles. The predicted octanol–water partition coefficient (Wildman–Crippen LogP) is 6.08. The fraction of sp³-hybridized carbons (Fsp3) is 0.385. The molecule has 0 aliphatic heterocycles. The van der Waals surface area contributed by atoms with E-state index in [1.165, 1.54) is 0 Å². The average molecular weight is 439 g/mol. The van der Waals surface area contributed by atoms with Crippen LogP contribution in [0, 0.1) is 0 Å². The minimum Gasteiger partial charge on any atom is -0.508 e. The van der Waals surface area contributed by atoms with Crippen molar-refractivity contribution in [3.8, 4) is 5.75 Å². The first kappa shape index (κ1) is 24.8. The zero-order valence-corrected chi connectivity index (χ0v) is 20.7. The number of nitrogens with one attached hydrogen (secondary N) is 1. The molecule has 0 aliphatic rings. The van der Waals surface area contributed by atoms with Crippen molar-refractivity contribution in [1.29, 1.82) is 0 Å². The molecule has 0 saturated carbocycles. The third-order valence-corrected chi connectivity index (χ3v) is 6.56. The number of hydrogen-bond donors (Lipinski definition) is 2. The molecule has 2 rings (SSSR count). The van der Waals surface area contributed by atoms with E-state index in [-0.39, 0.29) is 22.5 Å². The van der Waals surface area contributed by atoms with Crippen molar-refractivity contribution in [2.45, 2.75) is 58.8 Å². The maximum absolute atomic E-state index is 13.3. The van der Waals surface area contributed by atoms with Gasteiger partial charge in [0.1, 0.15) is 5.75 Å². The van der Waals surface area contributed by atoms with Gasteiger partial charge in [0.15, 0.2) is 0 Å². The quantitative estimate of drug-likeness (QED) is 0.556. The Morgan fingerprint density at radius 2 is 1.74 bits per heavy atom. The van der Waals surface area contributed by atoms with Crippen molar-refractivity contribution >= 4 is 25.5 Å². The standard InChI is InChI=1S/C26H35N2O2P/c1-8-26(5,6)20-15-19(25(2,3)4)21(16-22(20)29)28-24(30)18-17-27-14-12-10-9-11-13-23(18)31-7/h9-17,29,31H,8H2,1-7H3,(H,28,30). The second-order valence-corrected chi connectivity index (χ2v) is 10.3. The summed E-state index contributed by atoms with van der Waals surface area (Å²) in [5.41, 5.74) is 2.66. The molecule has 2 N–H and O–H groups in total. The Kier molecular flexibility index (Phi) is 8.20. The first-order chi connectivity index (χ1) is 14.5. The molecular weight excluding hydrogens is 403 g/mol. The van der Waals surface area contributed by atoms with Crippen molar-refractivity contribution in [3.05, 3.63) is 71.5 Å². The van der Waals surface area contributed by atoms with Crippen LogP contribution in [0.25, 0.3) is 0 Å². The van der Waals surface area contributed by atoms with Crippen molar-refractivity contribution in [2.75, 3.05) is 12.0 Å². The SMILES string of the molecule is CCC(C)(C)c1cc(C(C)(C)C)c(NC(=O)c2cnccccccc2PC)cc1O. The number of nitrogens with zero attached hydrogens (tertiary/aromatic N) is 1. The fourth-order valence-corrected chi connectivity index (χ4v) is 4.00. The molecule has 0 bridgehead atoms. The fourth-order valence-electron chi connectivity index (χ4n) is 3.29. The summed E-state index contributed by atoms with van der Waals surface area (Å²) < 4.78 is 0. The summed E-state index contributed by atoms with van der Waals surface area (Å²) in [5, 5.41) is 14.8. The highest BCUT2D eigenvalue weighted by Gasteiger charge is 2.28. The maximum Gasteiger partial charge on any atom is 0.257 e. The number of benzene rings is 1. The van der Waals surface area contributed by atoms with E-state index in [0.717, 1.165) is 22.9 Å². The van der Waals surface area contributed by atoms with E-state index >= 15 is 0 Å². The van der Waals surface area contributed by atoms with Gasteiger partial charge in [0.25, 0.3) is 5.91 Å². The van der Waals surface area contributed by atoms with Gasteiger partial charge in [-0.05, 0) is 52.5 Å². The smallest absolute Gasteiger partial charge is 0.257 e. The summed E-state index contributed by atoms with van der Waals surface area (Å²) in [7, 11) is 0.436. The van der Waals surface area contributed by atoms with Gasteiger partial charge in [0, 0.05) is 24.1 Å². The largest absolute Gasteiger partial charge is 0.508 e. The molecule has 0 aliphatic carbocycles. The van der Waals surface area contributed by atoms with Crippen molar-refractivity contribution in [2.24, 2.45) is 0 Å². The number of phenolic OH excluding ortho intramolecular Hbond substituents is 1. The summed E-state index contributed by atoms with van der Waals surface area (Å²) in [6.45, 7) is 14.7. The van der Waals surface area contributed by atoms with Gasteiger partial charge in [0.2, 0.25) is 0 Å². The zero-order chi connectivity index (χ0) is 23.2. The summed E-state index contributed by atoms with van der Waals surface area (Å²) in [5.74, 6) is -0.0302. The number of carbonyl (C=O) groups excluding carboxylic acids is 1. The van der Waals surface area contributed by atoms with Crippen LogP contribution in [0.15, 0.2) is 54.9 Å². The summed E-state index contributed by atoms with van der Waals surface area (Å²) in [4.78, 5) is 17.6. The van der Waals surface area contributed by atoms with Crippen LogP contribution in [-0.4, -0.2) is 22.7 Å². The molecule has 1 aromatic heterocycles. The van der Waals surface area contributed by atoms with E-state index in [1.807, 2.05) is 43.1 Å². The molecule has 0 fully saturated rings. The molecule has 1 amide bonds. The number of carbonyl (C=O) groups is 1. The van der Waals surface area contributed by atoms with Gasteiger partial charge in [-0.25, -0.2) is 0 Å². The monoisotopic (exact) mass is 438 g/mol. The van der Waals surface area contributed by atoms with Crippen LogP contribution in [0.2, 0.25) is 0 Å². The number of anilines is 1. The Hall–Kier alpha value is -2.45. The van der Waals surface area contributed by atoms with Gasteiger partial charge in [-0.3, -0.25) is 9.78 Å². The molecule has 1 heterocycles. The van der Waals surface area contributed by atoms with Gasteiger partial charge in [-0.15, -0.1) is 0 Å². The summed E-state index contributed by atoms with van der Waals surface area (Å²) in [6, 6.07) is 13.2. The minimum atomic E-state index is -0.233. The Bertz CT molecular complexity index is 993. The average Bonchev–Trinajstić information content (AvgIpc) is 2.70. The van der Waals surface area contributed by atoms with Gasteiger partial charge in [0.05, 0.1) is 5.56 Å². The molecule has 31 heavy (non-hydrogen) atoms. The highest BCUT2D eigenvalue weighted by atomic mass is 31.1. The Balaban J connectivity index is 2.61. The molecule has 1 aromatic carbocycles. The molecule has 166 valence electrons. The Labute approximate surface area is 188 Å². The third kappa shape index (κ3) is 6.27. The van der Waals surface area contributed by atoms with Gasteiger partial charge >= 0.3 is 0 Å². The van der Waals surface area contributed by atoms with E-state index in [1.54, 1.807) is 18.5 Å². The zero-order valence-electron chi connectivity index (χ0n) is 19.7. The number of rotatable bonds is 5. The Morgan fingerprint density at radius 3 is 2.35 bits per heavy atom. The first-order valence-electron chi connectivity index (χ1n) is 10.7. The molecule has 5 heteroatoms. The molecular formula is C26H35N2O2P. The van der Waals surface area contributed by atoms with Crippen LogP contribution in [0.5, 0.6) is 5.75 Å². The normalized spacial score (nSPS) is 12.0. The molecule has 1 atom stereocenters. The molecule has 1 unspecified atom stereocenters. The lowest BCUT2D eigenvalue weighted by Crippen LogP contribution is -2.23. The third-order valence-electron chi connectivity index (χ3n) is 5.58. The number of aromatic nitrogens is 1. The number of amides is 1. The van der Waals surface area contributed by atoms with E-state index in [4.69, 9.17) is 0 Å². The molecule has 2 aromatic rings. The highest BCUT2D eigenvalue weighted by molar-refractivity contribution is 7.46. The van der Waals surface area contributed by atoms with E-state index < -0.39 is 0 Å². The van der Waals surface area contributed by atoms with Crippen molar-refractivity contribution in [3.63, 3.8) is 0 Å². The molecule has 0 spiro atoms. The van der Waals surface area contributed by atoms with Crippen LogP contribution in [0.3, 0.4) is 0 Å². The lowest BCUT2D eigenvalue weighted by molar-refractivity contribution is 0.102. The maximum atomic E-state index is 13.3. The predicted molar refractivity (Wildman–Crippen MR) is 134 cm³/mol. The van der Waals surface area contributed by atoms with Crippen LogP contribution >= 0.6 is 8.58 Å². The minimum absolute atomic E-state index is 0.167. The highest BCUT2D eigenvalue weighted by Crippen LogP contribution is 2.41. The lowest BCUT2D eigenvalue weighted by Gasteiger charge is -2.30. The number of aromatic hydroxyl groups is 1. The number of hydrogen-bond acceptors (Lipinski definition) is 3. The van der Waals surface area contributed by atoms with Crippen molar-refractivity contribution < 1.29 is 9.90 Å². The summed E-state index contributed by atoms with van der Waals surface area (Å²) in [6.07, 6.45) is 4.16. The van der Waals surface area contributed by atoms with E-state index in [9.17, 15) is 9.90 Å². The van der Waals surface area contributed by atoms with Gasteiger partial charge in [-0.1, -0.05) is 74.4 Å². The van der Waals surface area contributed by atoms with Gasteiger partial charge < -0.3 is 10.4 Å². The van der Waals surface area contributed by atoms with Crippen LogP contribution in [-0.2, 0) is 10.8 Å². The second kappa shape index (κ2) is 10.2. The summed E-state index contributed by atoms with van der Waals surface area (Å²) >= 11 is 0. The lowest BCUT2D eigenvalue weighted by atomic mass is 9.77.